The van der Waals surface area contributed by atoms with Gasteiger partial charge in [0.2, 0.25) is 15.9 Å². The minimum absolute atomic E-state index is 0.0846. The summed E-state index contributed by atoms with van der Waals surface area (Å²) in [7, 11) is -3.68. The zero-order chi connectivity index (χ0) is 23.6. The Morgan fingerprint density at radius 1 is 1.06 bits per heavy atom. The van der Waals surface area contributed by atoms with Crippen molar-refractivity contribution in [3.05, 3.63) is 29.3 Å². The number of piperazine rings is 1. The Morgan fingerprint density at radius 2 is 1.73 bits per heavy atom. The van der Waals surface area contributed by atoms with Crippen LogP contribution in [0.25, 0.3) is 0 Å². The number of rotatable bonds is 6. The number of hydrazine groups is 1. The largest absolute Gasteiger partial charge is 0.344 e. The van der Waals surface area contributed by atoms with Gasteiger partial charge in [0, 0.05) is 39.1 Å². The van der Waals surface area contributed by atoms with Crippen LogP contribution in [0.1, 0.15) is 38.5 Å². The van der Waals surface area contributed by atoms with E-state index >= 15 is 0 Å². The number of benzene rings is 1. The predicted octanol–water partition coefficient (Wildman–Crippen LogP) is 1.32. The second-order valence-electron chi connectivity index (χ2n) is 8.67. The van der Waals surface area contributed by atoms with Gasteiger partial charge in [0.25, 0.3) is 5.91 Å². The standard InChI is InChI=1S/C21H28ClN5O5S/c22-16-6-2-3-7-17(16)33(31,32)26-14-12-25(13-15-26)11-8-18(28)24-27-19(29)21(23-20(27)30)9-4-1-5-10-21/h2-3,6-7H,1,4-5,8-15H2,(H,23,30)(H,24,28). The molecular weight excluding hydrogens is 470 g/mol. The third kappa shape index (κ3) is 4.86. The van der Waals surface area contributed by atoms with Gasteiger partial charge < -0.3 is 10.2 Å². The molecule has 0 unspecified atom stereocenters. The summed E-state index contributed by atoms with van der Waals surface area (Å²) in [5.74, 6) is -0.823. The summed E-state index contributed by atoms with van der Waals surface area (Å²) in [5.41, 5.74) is 1.55. The van der Waals surface area contributed by atoms with E-state index in [2.05, 4.69) is 10.7 Å². The molecule has 1 aromatic rings. The fourth-order valence-corrected chi connectivity index (χ4v) is 6.56. The van der Waals surface area contributed by atoms with Crippen LogP contribution in [0, 0.1) is 0 Å². The van der Waals surface area contributed by atoms with Crippen molar-refractivity contribution in [2.24, 2.45) is 0 Å². The Morgan fingerprint density at radius 3 is 2.39 bits per heavy atom. The fraction of sp³-hybridized carbons (Fsp3) is 0.571. The molecule has 2 saturated heterocycles. The zero-order valence-corrected chi connectivity index (χ0v) is 19.8. The van der Waals surface area contributed by atoms with Gasteiger partial charge in [0.15, 0.2) is 0 Å². The number of imide groups is 1. The molecule has 2 aliphatic heterocycles. The van der Waals surface area contributed by atoms with Gasteiger partial charge >= 0.3 is 6.03 Å². The predicted molar refractivity (Wildman–Crippen MR) is 121 cm³/mol. The Kier molecular flexibility index (Phi) is 6.94. The molecule has 1 saturated carbocycles. The monoisotopic (exact) mass is 497 g/mol. The Labute approximate surface area is 198 Å². The normalized spacial score (nSPS) is 21.9. The summed E-state index contributed by atoms with van der Waals surface area (Å²) in [6.45, 7) is 1.88. The second-order valence-corrected chi connectivity index (χ2v) is 11.0. The highest BCUT2D eigenvalue weighted by Gasteiger charge is 2.52. The third-order valence-electron chi connectivity index (χ3n) is 6.55. The molecule has 0 atom stereocenters. The van der Waals surface area contributed by atoms with Crippen molar-refractivity contribution < 1.29 is 22.8 Å². The first-order valence-corrected chi connectivity index (χ1v) is 13.0. The SMILES string of the molecule is O=C(CCN1CCN(S(=O)(=O)c2ccccc2Cl)CC1)NN1C(=O)NC2(CCCCC2)C1=O. The van der Waals surface area contributed by atoms with Crippen molar-refractivity contribution in [3.63, 3.8) is 0 Å². The lowest BCUT2D eigenvalue weighted by Gasteiger charge is -2.34. The van der Waals surface area contributed by atoms with Crippen molar-refractivity contribution in [1.29, 1.82) is 0 Å². The van der Waals surface area contributed by atoms with E-state index in [0.717, 1.165) is 24.3 Å². The highest BCUT2D eigenvalue weighted by atomic mass is 35.5. The van der Waals surface area contributed by atoms with Crippen LogP contribution in [0.15, 0.2) is 29.2 Å². The van der Waals surface area contributed by atoms with Gasteiger partial charge in [-0.1, -0.05) is 43.0 Å². The van der Waals surface area contributed by atoms with Crippen LogP contribution in [0.5, 0.6) is 0 Å². The number of nitrogens with one attached hydrogen (secondary N) is 2. The lowest BCUT2D eigenvalue weighted by molar-refractivity contribution is -0.140. The summed E-state index contributed by atoms with van der Waals surface area (Å²) in [6, 6.07) is 5.76. The van der Waals surface area contributed by atoms with Crippen LogP contribution in [0.2, 0.25) is 5.02 Å². The van der Waals surface area contributed by atoms with Gasteiger partial charge in [-0.15, -0.1) is 0 Å². The van der Waals surface area contributed by atoms with Gasteiger partial charge in [-0.25, -0.2) is 13.2 Å². The van der Waals surface area contributed by atoms with E-state index in [1.54, 1.807) is 18.2 Å². The number of sulfonamides is 1. The van der Waals surface area contributed by atoms with Crippen LogP contribution in [0.4, 0.5) is 4.79 Å². The molecule has 10 nitrogen and oxygen atoms in total. The molecule has 2 heterocycles. The molecule has 1 aromatic carbocycles. The topological polar surface area (TPSA) is 119 Å². The minimum atomic E-state index is -3.68. The van der Waals surface area contributed by atoms with Crippen LogP contribution in [-0.4, -0.2) is 78.7 Å². The number of halogens is 1. The average Bonchev–Trinajstić information content (AvgIpc) is 3.02. The highest BCUT2D eigenvalue weighted by molar-refractivity contribution is 7.89. The maximum Gasteiger partial charge on any atom is 0.344 e. The summed E-state index contributed by atoms with van der Waals surface area (Å²) < 4.78 is 27.1. The van der Waals surface area contributed by atoms with Crippen molar-refractivity contribution >= 4 is 39.5 Å². The van der Waals surface area contributed by atoms with Gasteiger partial charge in [-0.2, -0.15) is 9.31 Å². The highest BCUT2D eigenvalue weighted by Crippen LogP contribution is 2.33. The molecule has 180 valence electrons. The molecular formula is C21H28ClN5O5S. The van der Waals surface area contributed by atoms with E-state index in [1.165, 1.54) is 10.4 Å². The van der Waals surface area contributed by atoms with Crippen LogP contribution < -0.4 is 10.7 Å². The fourth-order valence-electron chi connectivity index (χ4n) is 4.64. The van der Waals surface area contributed by atoms with Crippen molar-refractivity contribution in [2.75, 3.05) is 32.7 Å². The number of urea groups is 1. The first-order chi connectivity index (χ1) is 15.7. The lowest BCUT2D eigenvalue weighted by Crippen LogP contribution is -2.52. The smallest absolute Gasteiger partial charge is 0.322 e. The van der Waals surface area contributed by atoms with Crippen molar-refractivity contribution in [2.45, 2.75) is 49.0 Å². The Balaban J connectivity index is 1.25. The number of hydrogen-bond acceptors (Lipinski definition) is 6. The number of carbonyl (C=O) groups excluding carboxylic acids is 3. The van der Waals surface area contributed by atoms with Crippen LogP contribution in [0.3, 0.4) is 0 Å². The summed E-state index contributed by atoms with van der Waals surface area (Å²) >= 11 is 6.06. The lowest BCUT2D eigenvalue weighted by atomic mass is 9.82. The summed E-state index contributed by atoms with van der Waals surface area (Å²) in [4.78, 5) is 39.5. The molecule has 4 rings (SSSR count). The number of carbonyl (C=O) groups is 3. The van der Waals surface area contributed by atoms with E-state index in [1.807, 2.05) is 4.90 Å². The number of amides is 4. The maximum atomic E-state index is 12.8. The van der Waals surface area contributed by atoms with Gasteiger partial charge in [-0.3, -0.25) is 15.0 Å². The molecule has 0 bridgehead atoms. The number of nitrogens with zero attached hydrogens (tertiary/aromatic N) is 3. The van der Waals surface area contributed by atoms with Gasteiger partial charge in [0.1, 0.15) is 10.4 Å². The minimum Gasteiger partial charge on any atom is -0.322 e. The molecule has 3 aliphatic rings. The molecule has 2 N–H and O–H groups in total. The Bertz CT molecular complexity index is 1040. The summed E-state index contributed by atoms with van der Waals surface area (Å²) in [5, 5.41) is 3.75. The van der Waals surface area contributed by atoms with Crippen LogP contribution in [-0.2, 0) is 19.6 Å². The van der Waals surface area contributed by atoms with E-state index < -0.39 is 27.5 Å². The molecule has 4 amide bonds. The number of hydrogen-bond donors (Lipinski definition) is 2. The third-order valence-corrected chi connectivity index (χ3v) is 8.94. The first kappa shape index (κ1) is 23.9. The van der Waals surface area contributed by atoms with E-state index in [-0.39, 0.29) is 35.3 Å². The molecule has 33 heavy (non-hydrogen) atoms. The van der Waals surface area contributed by atoms with Gasteiger partial charge in [0.05, 0.1) is 5.02 Å². The molecule has 0 radical (unpaired) electrons. The van der Waals surface area contributed by atoms with Crippen molar-refractivity contribution in [1.82, 2.24) is 25.0 Å². The second kappa shape index (κ2) is 9.57. The summed E-state index contributed by atoms with van der Waals surface area (Å²) in [6.07, 6.45) is 4.03. The molecule has 12 heteroatoms. The quantitative estimate of drug-likeness (QED) is 0.572. The maximum absolute atomic E-state index is 12.8. The van der Waals surface area contributed by atoms with E-state index in [4.69, 9.17) is 11.6 Å². The van der Waals surface area contributed by atoms with E-state index in [9.17, 15) is 22.8 Å². The molecule has 1 aliphatic carbocycles. The van der Waals surface area contributed by atoms with Crippen LogP contribution >= 0.6 is 11.6 Å². The molecule has 1 spiro atoms. The molecule has 0 aromatic heterocycles. The average molecular weight is 498 g/mol. The Hall–Kier alpha value is -2.21. The van der Waals surface area contributed by atoms with E-state index in [0.29, 0.717) is 32.5 Å². The zero-order valence-electron chi connectivity index (χ0n) is 18.3. The van der Waals surface area contributed by atoms with Crippen molar-refractivity contribution in [3.8, 4) is 0 Å². The van der Waals surface area contributed by atoms with Gasteiger partial charge in [-0.05, 0) is 25.0 Å². The first-order valence-electron chi connectivity index (χ1n) is 11.2. The molecule has 3 fully saturated rings.